The first-order valence-corrected chi connectivity index (χ1v) is 9.16. The molecule has 3 rings (SSSR count). The number of aliphatic hydroxyl groups is 1. The fraction of sp³-hybridized carbons (Fsp3) is 0.273. The Morgan fingerprint density at radius 3 is 2.32 bits per heavy atom. The van der Waals surface area contributed by atoms with E-state index in [-0.39, 0.29) is 11.3 Å². The quantitative estimate of drug-likeness (QED) is 0.464. The summed E-state index contributed by atoms with van der Waals surface area (Å²) in [5, 5.41) is 10.9. The van der Waals surface area contributed by atoms with Crippen LogP contribution in [0.2, 0.25) is 0 Å². The van der Waals surface area contributed by atoms with Crippen molar-refractivity contribution in [1.29, 1.82) is 0 Å². The van der Waals surface area contributed by atoms with Crippen LogP contribution < -0.4 is 4.74 Å². The summed E-state index contributed by atoms with van der Waals surface area (Å²) in [6, 6.07) is 11.4. The van der Waals surface area contributed by atoms with Gasteiger partial charge in [-0.25, -0.2) is 4.39 Å². The number of aliphatic hydroxyl groups excluding tert-OH is 1. The number of ether oxygens (including phenoxy) is 1. The number of carbonyl (C=O) groups excluding carboxylic acids is 2. The fourth-order valence-corrected chi connectivity index (χ4v) is 3.34. The van der Waals surface area contributed by atoms with Gasteiger partial charge in [0.1, 0.15) is 17.3 Å². The maximum Gasteiger partial charge on any atom is 0.295 e. The number of unbranched alkanes of at least 4 members (excludes halogenated alkanes) is 1. The smallest absolute Gasteiger partial charge is 0.295 e. The highest BCUT2D eigenvalue weighted by molar-refractivity contribution is 6.46. The average Bonchev–Trinajstić information content (AvgIpc) is 2.97. The molecule has 6 heteroatoms. The third-order valence-corrected chi connectivity index (χ3v) is 4.84. The summed E-state index contributed by atoms with van der Waals surface area (Å²) in [6.45, 7) is 2.36. The van der Waals surface area contributed by atoms with Gasteiger partial charge in [0.15, 0.2) is 0 Å². The van der Waals surface area contributed by atoms with Gasteiger partial charge in [0, 0.05) is 12.1 Å². The zero-order valence-corrected chi connectivity index (χ0v) is 15.8. The molecule has 2 aromatic rings. The molecule has 1 heterocycles. The molecule has 0 aromatic heterocycles. The minimum absolute atomic E-state index is 0.0119. The van der Waals surface area contributed by atoms with Crippen molar-refractivity contribution in [2.24, 2.45) is 0 Å². The largest absolute Gasteiger partial charge is 0.507 e. The highest BCUT2D eigenvalue weighted by Gasteiger charge is 2.45. The van der Waals surface area contributed by atoms with E-state index in [1.807, 2.05) is 6.92 Å². The normalized spacial score (nSPS) is 18.5. The van der Waals surface area contributed by atoms with Gasteiger partial charge in [-0.15, -0.1) is 0 Å². The predicted molar refractivity (Wildman–Crippen MR) is 103 cm³/mol. The van der Waals surface area contributed by atoms with Crippen molar-refractivity contribution < 1.29 is 23.8 Å². The highest BCUT2D eigenvalue weighted by Crippen LogP contribution is 2.39. The van der Waals surface area contributed by atoms with Crippen molar-refractivity contribution in [2.75, 3.05) is 13.7 Å². The summed E-state index contributed by atoms with van der Waals surface area (Å²) in [7, 11) is 1.53. The second-order valence-electron chi connectivity index (χ2n) is 6.63. The first-order chi connectivity index (χ1) is 13.5. The lowest BCUT2D eigenvalue weighted by Gasteiger charge is -2.25. The fourth-order valence-electron chi connectivity index (χ4n) is 3.34. The van der Waals surface area contributed by atoms with Crippen molar-refractivity contribution in [3.8, 4) is 5.75 Å². The minimum atomic E-state index is -0.755. The Balaban J connectivity index is 2.12. The van der Waals surface area contributed by atoms with E-state index in [0.717, 1.165) is 6.42 Å². The van der Waals surface area contributed by atoms with Crippen LogP contribution in [0.1, 0.15) is 36.9 Å². The lowest BCUT2D eigenvalue weighted by molar-refractivity contribution is -0.139. The molecule has 1 atom stereocenters. The summed E-state index contributed by atoms with van der Waals surface area (Å²) in [4.78, 5) is 26.9. The Bertz CT molecular complexity index is 903. The molecular formula is C22H22FNO4. The van der Waals surface area contributed by atoms with E-state index < -0.39 is 23.5 Å². The molecule has 0 aliphatic carbocycles. The summed E-state index contributed by atoms with van der Waals surface area (Å²) >= 11 is 0. The molecule has 0 bridgehead atoms. The lowest BCUT2D eigenvalue weighted by atomic mass is 9.95. The van der Waals surface area contributed by atoms with E-state index in [9.17, 15) is 19.1 Å². The number of likely N-dealkylation sites (tertiary alicyclic amines) is 1. The van der Waals surface area contributed by atoms with Crippen LogP contribution >= 0.6 is 0 Å². The highest BCUT2D eigenvalue weighted by atomic mass is 19.1. The molecule has 1 aliphatic heterocycles. The summed E-state index contributed by atoms with van der Waals surface area (Å²) in [5.41, 5.74) is 0.992. The third kappa shape index (κ3) is 3.63. The van der Waals surface area contributed by atoms with E-state index in [2.05, 4.69) is 0 Å². The number of halogens is 1. The Kier molecular flexibility index (Phi) is 5.78. The van der Waals surface area contributed by atoms with Gasteiger partial charge >= 0.3 is 0 Å². The van der Waals surface area contributed by atoms with Crippen LogP contribution in [0.5, 0.6) is 5.75 Å². The Labute approximate surface area is 163 Å². The molecule has 28 heavy (non-hydrogen) atoms. The van der Waals surface area contributed by atoms with Gasteiger partial charge in [-0.1, -0.05) is 25.5 Å². The van der Waals surface area contributed by atoms with Gasteiger partial charge in [0.25, 0.3) is 11.7 Å². The molecule has 0 spiro atoms. The zero-order chi connectivity index (χ0) is 20.3. The number of amides is 1. The number of benzene rings is 2. The molecule has 5 nitrogen and oxygen atoms in total. The van der Waals surface area contributed by atoms with Crippen LogP contribution in [0.3, 0.4) is 0 Å². The van der Waals surface area contributed by atoms with Gasteiger partial charge in [-0.05, 0) is 48.4 Å². The molecule has 1 aliphatic rings. The van der Waals surface area contributed by atoms with Crippen molar-refractivity contribution in [1.82, 2.24) is 4.90 Å². The van der Waals surface area contributed by atoms with Crippen LogP contribution in [-0.2, 0) is 9.59 Å². The van der Waals surface area contributed by atoms with E-state index in [0.29, 0.717) is 29.8 Å². The molecule has 1 N–H and O–H groups in total. The van der Waals surface area contributed by atoms with Crippen LogP contribution in [-0.4, -0.2) is 35.4 Å². The number of rotatable bonds is 6. The Morgan fingerprint density at radius 2 is 1.75 bits per heavy atom. The summed E-state index contributed by atoms with van der Waals surface area (Å²) < 4.78 is 18.5. The number of Topliss-reactive ketones (excluding diaryl/α,β-unsaturated/α-hetero) is 1. The second kappa shape index (κ2) is 8.25. The maximum absolute atomic E-state index is 13.4. The van der Waals surface area contributed by atoms with E-state index in [4.69, 9.17) is 4.74 Å². The molecule has 146 valence electrons. The van der Waals surface area contributed by atoms with Crippen molar-refractivity contribution in [3.05, 3.63) is 71.0 Å². The van der Waals surface area contributed by atoms with Crippen LogP contribution in [0.25, 0.3) is 5.76 Å². The number of hydrogen-bond donors (Lipinski definition) is 1. The van der Waals surface area contributed by atoms with E-state index in [1.54, 1.807) is 24.3 Å². The van der Waals surface area contributed by atoms with Gasteiger partial charge in [0.2, 0.25) is 0 Å². The minimum Gasteiger partial charge on any atom is -0.507 e. The van der Waals surface area contributed by atoms with Crippen molar-refractivity contribution in [2.45, 2.75) is 25.8 Å². The Morgan fingerprint density at radius 1 is 1.11 bits per heavy atom. The zero-order valence-electron chi connectivity index (χ0n) is 15.8. The standard InChI is InChI=1S/C22H22FNO4/c1-3-4-13-24-19(14-5-9-16(23)10-6-14)18(21(26)22(24)27)20(25)15-7-11-17(28-2)12-8-15/h5-12,19,25H,3-4,13H2,1-2H3/b20-18+/t19-/m1/s1. The SMILES string of the molecule is CCCCN1C(=O)C(=O)/C(=C(/O)c2ccc(OC)cc2)[C@H]1c1ccc(F)cc1. The predicted octanol–water partition coefficient (Wildman–Crippen LogP) is 4.06. The van der Waals surface area contributed by atoms with Crippen molar-refractivity contribution in [3.63, 3.8) is 0 Å². The van der Waals surface area contributed by atoms with Crippen LogP contribution in [0.15, 0.2) is 54.1 Å². The van der Waals surface area contributed by atoms with Crippen LogP contribution in [0.4, 0.5) is 4.39 Å². The van der Waals surface area contributed by atoms with Crippen molar-refractivity contribution >= 4 is 17.4 Å². The molecule has 0 saturated carbocycles. The number of nitrogens with zero attached hydrogens (tertiary/aromatic N) is 1. The molecular weight excluding hydrogens is 361 g/mol. The molecule has 1 saturated heterocycles. The molecule has 2 aromatic carbocycles. The number of ketones is 1. The second-order valence-corrected chi connectivity index (χ2v) is 6.63. The van der Waals surface area contributed by atoms with E-state index >= 15 is 0 Å². The van der Waals surface area contributed by atoms with Gasteiger partial charge in [-0.2, -0.15) is 0 Å². The van der Waals surface area contributed by atoms with E-state index in [1.165, 1.54) is 36.3 Å². The number of hydrogen-bond acceptors (Lipinski definition) is 4. The average molecular weight is 383 g/mol. The molecule has 0 unspecified atom stereocenters. The first kappa shape index (κ1) is 19.6. The lowest BCUT2D eigenvalue weighted by Crippen LogP contribution is -2.30. The van der Waals surface area contributed by atoms with Gasteiger partial charge < -0.3 is 14.7 Å². The van der Waals surface area contributed by atoms with Gasteiger partial charge in [-0.3, -0.25) is 9.59 Å². The summed E-state index contributed by atoms with van der Waals surface area (Å²) in [6.07, 6.45) is 1.56. The topological polar surface area (TPSA) is 66.8 Å². The maximum atomic E-state index is 13.4. The number of methoxy groups -OCH3 is 1. The van der Waals surface area contributed by atoms with Gasteiger partial charge in [0.05, 0.1) is 18.7 Å². The molecule has 1 amide bonds. The Hall–Kier alpha value is -3.15. The number of carbonyl (C=O) groups is 2. The monoisotopic (exact) mass is 383 g/mol. The summed E-state index contributed by atoms with van der Waals surface area (Å²) in [5.74, 6) is -1.45. The molecule has 0 radical (unpaired) electrons. The third-order valence-electron chi connectivity index (χ3n) is 4.84. The first-order valence-electron chi connectivity index (χ1n) is 9.16. The molecule has 1 fully saturated rings. The van der Waals surface area contributed by atoms with Crippen LogP contribution in [0, 0.1) is 5.82 Å².